The third-order valence-electron chi connectivity index (χ3n) is 4.40. The van der Waals surface area contributed by atoms with Crippen molar-refractivity contribution in [1.82, 2.24) is 14.8 Å². The lowest BCUT2D eigenvalue weighted by Gasteiger charge is -2.11. The van der Waals surface area contributed by atoms with Crippen molar-refractivity contribution in [2.75, 3.05) is 11.9 Å². The van der Waals surface area contributed by atoms with Crippen molar-refractivity contribution >= 4 is 44.5 Å². The number of nitrogens with zero attached hydrogens (tertiary/aromatic N) is 3. The zero-order valence-corrected chi connectivity index (χ0v) is 17.6. The molecule has 30 heavy (non-hydrogen) atoms. The van der Waals surface area contributed by atoms with E-state index in [4.69, 9.17) is 4.74 Å². The average Bonchev–Trinajstić information content (AvgIpc) is 3.17. The maximum atomic E-state index is 12.8. The number of amides is 1. The summed E-state index contributed by atoms with van der Waals surface area (Å²) in [6, 6.07) is 18.2. The first kappa shape index (κ1) is 19.8. The van der Waals surface area contributed by atoms with Gasteiger partial charge in [0, 0.05) is 15.4 Å². The van der Waals surface area contributed by atoms with Crippen LogP contribution in [0.15, 0.2) is 71.3 Å². The van der Waals surface area contributed by atoms with Gasteiger partial charge < -0.3 is 10.1 Å². The average molecular weight is 465 g/mol. The molecule has 4 rings (SSSR count). The number of para-hydroxylation sites is 1. The number of pyridine rings is 1. The van der Waals surface area contributed by atoms with E-state index in [0.29, 0.717) is 11.4 Å². The molecule has 2 aromatic heterocycles. The van der Waals surface area contributed by atoms with Crippen molar-refractivity contribution in [2.45, 2.75) is 6.92 Å². The third kappa shape index (κ3) is 3.95. The fraction of sp³-hybridized carbons (Fsp3) is 0.0909. The van der Waals surface area contributed by atoms with Gasteiger partial charge in [-0.05, 0) is 49.4 Å². The van der Waals surface area contributed by atoms with E-state index in [9.17, 15) is 9.59 Å². The summed E-state index contributed by atoms with van der Waals surface area (Å²) in [6.07, 6.45) is 1.37. The van der Waals surface area contributed by atoms with E-state index in [-0.39, 0.29) is 23.9 Å². The number of esters is 1. The van der Waals surface area contributed by atoms with E-state index < -0.39 is 5.97 Å². The van der Waals surface area contributed by atoms with Crippen LogP contribution in [0.25, 0.3) is 16.7 Å². The van der Waals surface area contributed by atoms with Crippen LogP contribution in [0.3, 0.4) is 0 Å². The largest absolute Gasteiger partial charge is 0.462 e. The van der Waals surface area contributed by atoms with Crippen LogP contribution in [-0.2, 0) is 4.74 Å². The Kier molecular flexibility index (Phi) is 5.58. The van der Waals surface area contributed by atoms with Crippen LogP contribution < -0.4 is 5.32 Å². The number of rotatable bonds is 5. The van der Waals surface area contributed by atoms with Crippen LogP contribution in [-0.4, -0.2) is 33.2 Å². The van der Waals surface area contributed by atoms with Crippen LogP contribution >= 0.6 is 15.9 Å². The first-order valence-corrected chi connectivity index (χ1v) is 10.0. The Morgan fingerprint density at radius 3 is 2.60 bits per heavy atom. The summed E-state index contributed by atoms with van der Waals surface area (Å²) in [6.45, 7) is 1.92. The maximum absolute atomic E-state index is 12.8. The van der Waals surface area contributed by atoms with Gasteiger partial charge in [0.15, 0.2) is 11.6 Å². The molecule has 0 aliphatic carbocycles. The fourth-order valence-corrected chi connectivity index (χ4v) is 3.22. The highest BCUT2D eigenvalue weighted by Crippen LogP contribution is 2.23. The van der Waals surface area contributed by atoms with Crippen molar-refractivity contribution in [3.8, 4) is 5.82 Å². The second-order valence-corrected chi connectivity index (χ2v) is 7.28. The Balaban J connectivity index is 1.77. The monoisotopic (exact) mass is 464 g/mol. The van der Waals surface area contributed by atoms with Gasteiger partial charge in [0.25, 0.3) is 5.91 Å². The fourth-order valence-electron chi connectivity index (χ4n) is 2.95. The number of aromatic nitrogens is 3. The van der Waals surface area contributed by atoms with Crippen molar-refractivity contribution in [3.05, 3.63) is 82.5 Å². The number of nitrogens with one attached hydrogen (secondary N) is 1. The molecule has 0 fully saturated rings. The Labute approximate surface area is 180 Å². The Hall–Kier alpha value is -3.52. The molecule has 0 atom stereocenters. The van der Waals surface area contributed by atoms with Gasteiger partial charge >= 0.3 is 5.97 Å². The summed E-state index contributed by atoms with van der Waals surface area (Å²) < 4.78 is 7.40. The lowest BCUT2D eigenvalue weighted by atomic mass is 10.2. The van der Waals surface area contributed by atoms with Gasteiger partial charge in [0.05, 0.1) is 18.3 Å². The minimum Gasteiger partial charge on any atom is -0.462 e. The van der Waals surface area contributed by atoms with Gasteiger partial charge in [0.2, 0.25) is 0 Å². The summed E-state index contributed by atoms with van der Waals surface area (Å²) in [4.78, 5) is 29.9. The lowest BCUT2D eigenvalue weighted by molar-refractivity contribution is 0.0527. The second kappa shape index (κ2) is 8.46. The van der Waals surface area contributed by atoms with Crippen molar-refractivity contribution in [2.24, 2.45) is 0 Å². The first-order valence-electron chi connectivity index (χ1n) is 9.25. The van der Waals surface area contributed by atoms with Crippen LogP contribution in [0.1, 0.15) is 27.6 Å². The minimum atomic E-state index is -0.573. The molecule has 8 heteroatoms. The van der Waals surface area contributed by atoms with Crippen molar-refractivity contribution < 1.29 is 14.3 Å². The van der Waals surface area contributed by atoms with Crippen molar-refractivity contribution in [1.29, 1.82) is 0 Å². The zero-order valence-electron chi connectivity index (χ0n) is 16.0. The van der Waals surface area contributed by atoms with E-state index in [1.165, 1.54) is 10.9 Å². The first-order chi connectivity index (χ1) is 14.6. The van der Waals surface area contributed by atoms with Crippen LogP contribution in [0.2, 0.25) is 0 Å². The topological polar surface area (TPSA) is 86.1 Å². The molecule has 4 aromatic rings. The highest BCUT2D eigenvalue weighted by Gasteiger charge is 2.22. The molecule has 150 valence electrons. The summed E-state index contributed by atoms with van der Waals surface area (Å²) >= 11 is 3.35. The molecule has 1 N–H and O–H groups in total. The van der Waals surface area contributed by atoms with Gasteiger partial charge in [-0.2, -0.15) is 9.78 Å². The molecule has 2 aromatic carbocycles. The summed E-state index contributed by atoms with van der Waals surface area (Å²) in [5.74, 6) is -0.286. The summed E-state index contributed by atoms with van der Waals surface area (Å²) in [5.41, 5.74) is 1.36. The normalized spacial score (nSPS) is 10.7. The Morgan fingerprint density at radius 1 is 1.07 bits per heavy atom. The van der Waals surface area contributed by atoms with Crippen LogP contribution in [0.5, 0.6) is 0 Å². The SMILES string of the molecule is CCOC(=O)c1cnn(-c2ccc3ccccc3n2)c1NC(=O)c1ccc(Br)cc1. The number of hydrogen-bond acceptors (Lipinski definition) is 5. The predicted molar refractivity (Wildman–Crippen MR) is 117 cm³/mol. The second-order valence-electron chi connectivity index (χ2n) is 6.36. The lowest BCUT2D eigenvalue weighted by Crippen LogP contribution is -2.18. The molecule has 1 amide bonds. The number of benzene rings is 2. The smallest absolute Gasteiger partial charge is 0.343 e. The minimum absolute atomic E-state index is 0.150. The number of carbonyl (C=O) groups is 2. The molecule has 0 saturated heterocycles. The van der Waals surface area contributed by atoms with E-state index in [2.05, 4.69) is 31.3 Å². The summed E-state index contributed by atoms with van der Waals surface area (Å²) in [7, 11) is 0. The molecule has 0 aliphatic rings. The van der Waals surface area contributed by atoms with Gasteiger partial charge in [-0.1, -0.05) is 34.1 Å². The van der Waals surface area contributed by atoms with E-state index in [1.807, 2.05) is 30.3 Å². The molecule has 0 aliphatic heterocycles. The Morgan fingerprint density at radius 2 is 1.83 bits per heavy atom. The zero-order chi connectivity index (χ0) is 21.1. The number of ether oxygens (including phenoxy) is 1. The van der Waals surface area contributed by atoms with Gasteiger partial charge in [0.1, 0.15) is 5.56 Å². The molecule has 2 heterocycles. The quantitative estimate of drug-likeness (QED) is 0.435. The number of anilines is 1. The number of fused-ring (bicyclic) bond motifs is 1. The van der Waals surface area contributed by atoms with E-state index in [1.54, 1.807) is 37.3 Å². The molecule has 0 bridgehead atoms. The van der Waals surface area contributed by atoms with Gasteiger partial charge in [-0.25, -0.2) is 9.78 Å². The van der Waals surface area contributed by atoms with Gasteiger partial charge in [-0.15, -0.1) is 0 Å². The molecule has 0 unspecified atom stereocenters. The highest BCUT2D eigenvalue weighted by atomic mass is 79.9. The van der Waals surface area contributed by atoms with E-state index >= 15 is 0 Å². The van der Waals surface area contributed by atoms with E-state index in [0.717, 1.165) is 15.4 Å². The highest BCUT2D eigenvalue weighted by molar-refractivity contribution is 9.10. The van der Waals surface area contributed by atoms with Crippen LogP contribution in [0, 0.1) is 0 Å². The third-order valence-corrected chi connectivity index (χ3v) is 4.93. The van der Waals surface area contributed by atoms with Crippen LogP contribution in [0.4, 0.5) is 5.82 Å². The molecular weight excluding hydrogens is 448 g/mol. The number of carbonyl (C=O) groups excluding carboxylic acids is 2. The number of halogens is 1. The molecule has 0 spiro atoms. The standard InChI is InChI=1S/C22H17BrN4O3/c1-2-30-22(29)17-13-24-27(19-12-9-14-5-3-4-6-18(14)25-19)20(17)26-21(28)15-7-10-16(23)11-8-15/h3-13H,2H2,1H3,(H,26,28). The molecular formula is C22H17BrN4O3. The predicted octanol–water partition coefficient (Wildman–Crippen LogP) is 4.61. The molecule has 7 nitrogen and oxygen atoms in total. The molecule has 0 radical (unpaired) electrons. The number of hydrogen-bond donors (Lipinski definition) is 1. The van der Waals surface area contributed by atoms with Gasteiger partial charge in [-0.3, -0.25) is 4.79 Å². The summed E-state index contributed by atoms with van der Waals surface area (Å²) in [5, 5.41) is 8.05. The van der Waals surface area contributed by atoms with Crippen molar-refractivity contribution in [3.63, 3.8) is 0 Å². The maximum Gasteiger partial charge on any atom is 0.343 e. The molecule has 0 saturated carbocycles. The Bertz CT molecular complexity index is 1230.